The van der Waals surface area contributed by atoms with Crippen molar-refractivity contribution >= 4 is 35.0 Å². The molecule has 0 N–H and O–H groups in total. The molecule has 2 aromatic heterocycles. The second-order valence-electron chi connectivity index (χ2n) is 5.19. The highest BCUT2D eigenvalue weighted by molar-refractivity contribution is 7.99. The van der Waals surface area contributed by atoms with Crippen LogP contribution < -0.4 is 4.90 Å². The zero-order chi connectivity index (χ0) is 18.6. The number of anilines is 1. The fourth-order valence-corrected chi connectivity index (χ4v) is 2.62. The predicted molar refractivity (Wildman–Crippen MR) is 92.4 cm³/mol. The van der Waals surface area contributed by atoms with E-state index in [0.29, 0.717) is 5.69 Å². The molecule has 10 heteroatoms. The second-order valence-corrected chi connectivity index (χ2v) is 6.73. The first-order valence-corrected chi connectivity index (χ1v) is 8.96. The average Bonchev–Trinajstić information content (AvgIpc) is 2.95. The van der Waals surface area contributed by atoms with Crippen LogP contribution >= 0.6 is 23.4 Å². The van der Waals surface area contributed by atoms with Gasteiger partial charge in [0.1, 0.15) is 5.69 Å². The molecular weight excluding hydrogens is 377 g/mol. The summed E-state index contributed by atoms with van der Waals surface area (Å²) in [5.41, 5.74) is 0.720. The summed E-state index contributed by atoms with van der Waals surface area (Å²) in [6.07, 6.45) is 0.737. The molecule has 1 unspecified atom stereocenters. The first kappa shape index (κ1) is 19.6. The van der Waals surface area contributed by atoms with Gasteiger partial charge in [-0.1, -0.05) is 11.6 Å². The molecule has 136 valence electrons. The van der Waals surface area contributed by atoms with Crippen LogP contribution in [0.25, 0.3) is 5.69 Å². The molecule has 0 aromatic carbocycles. The van der Waals surface area contributed by atoms with E-state index in [1.807, 2.05) is 0 Å². The number of aromatic nitrogens is 3. The van der Waals surface area contributed by atoms with Crippen LogP contribution in [-0.4, -0.2) is 44.9 Å². The maximum atomic E-state index is 12.6. The number of hydrogen-bond donors (Lipinski definition) is 0. The number of alkyl halides is 3. The summed E-state index contributed by atoms with van der Waals surface area (Å²) >= 11 is 7.34. The fourth-order valence-electron chi connectivity index (χ4n) is 2.05. The molecule has 0 radical (unpaired) electrons. The lowest BCUT2D eigenvalue weighted by molar-refractivity contribution is -0.133. The molecule has 1 atom stereocenters. The average molecular weight is 393 g/mol. The Morgan fingerprint density at radius 3 is 2.76 bits per heavy atom. The van der Waals surface area contributed by atoms with Crippen molar-refractivity contribution < 1.29 is 18.0 Å². The van der Waals surface area contributed by atoms with E-state index in [1.165, 1.54) is 28.8 Å². The Labute approximate surface area is 152 Å². The normalized spacial score (nSPS) is 12.9. The van der Waals surface area contributed by atoms with Gasteiger partial charge < -0.3 is 4.90 Å². The van der Waals surface area contributed by atoms with Gasteiger partial charge in [0, 0.05) is 12.7 Å². The molecule has 0 fully saturated rings. The minimum atomic E-state index is -4.38. The van der Waals surface area contributed by atoms with E-state index >= 15 is 0 Å². The summed E-state index contributed by atoms with van der Waals surface area (Å²) in [5.74, 6) is -0.454. The van der Waals surface area contributed by atoms with Crippen molar-refractivity contribution in [3.8, 4) is 5.69 Å². The standard InChI is InChI=1S/C15H16ClF3N4OS/c1-10(25-2)14(24)22(7-5-15(17,18)19)12-9-23(21-13(12)16)11-4-3-6-20-8-11/h3-4,6,8-10H,5,7H2,1-2H3. The summed E-state index contributed by atoms with van der Waals surface area (Å²) in [6, 6.07) is 3.40. The van der Waals surface area contributed by atoms with E-state index in [-0.39, 0.29) is 10.8 Å². The molecule has 2 heterocycles. The number of thioether (sulfide) groups is 1. The smallest absolute Gasteiger partial charge is 0.307 e. The molecule has 1 amide bonds. The van der Waals surface area contributed by atoms with E-state index in [1.54, 1.807) is 31.5 Å². The summed E-state index contributed by atoms with van der Waals surface area (Å²) in [5, 5.41) is 3.52. The topological polar surface area (TPSA) is 51.0 Å². The predicted octanol–water partition coefficient (Wildman–Crippen LogP) is 3.96. The molecule has 0 saturated carbocycles. The maximum absolute atomic E-state index is 12.6. The Morgan fingerprint density at radius 1 is 1.48 bits per heavy atom. The summed E-state index contributed by atoms with van der Waals surface area (Å²) in [4.78, 5) is 17.5. The third kappa shape index (κ3) is 5.12. The Balaban J connectivity index is 2.36. The molecule has 2 rings (SSSR count). The molecule has 5 nitrogen and oxygen atoms in total. The van der Waals surface area contributed by atoms with Crippen LogP contribution in [0.15, 0.2) is 30.7 Å². The van der Waals surface area contributed by atoms with Gasteiger partial charge in [0.25, 0.3) is 0 Å². The molecule has 0 spiro atoms. The number of pyridine rings is 1. The molecule has 0 bridgehead atoms. The third-order valence-corrected chi connectivity index (χ3v) is 4.62. The summed E-state index contributed by atoms with van der Waals surface area (Å²) in [7, 11) is 0. The number of carbonyl (C=O) groups is 1. The van der Waals surface area contributed by atoms with Gasteiger partial charge in [0.05, 0.1) is 29.8 Å². The van der Waals surface area contributed by atoms with E-state index < -0.39 is 30.3 Å². The second kappa shape index (κ2) is 8.09. The minimum absolute atomic E-state index is 0.0484. The quantitative estimate of drug-likeness (QED) is 0.746. The summed E-state index contributed by atoms with van der Waals surface area (Å²) < 4.78 is 39.3. The van der Waals surface area contributed by atoms with Crippen LogP contribution in [0.1, 0.15) is 13.3 Å². The molecule has 0 aliphatic rings. The van der Waals surface area contributed by atoms with Crippen LogP contribution in [-0.2, 0) is 4.79 Å². The highest BCUT2D eigenvalue weighted by Gasteiger charge is 2.32. The highest BCUT2D eigenvalue weighted by Crippen LogP contribution is 2.30. The first-order valence-electron chi connectivity index (χ1n) is 7.29. The van der Waals surface area contributed by atoms with Crippen molar-refractivity contribution in [1.29, 1.82) is 0 Å². The molecule has 25 heavy (non-hydrogen) atoms. The first-order chi connectivity index (χ1) is 11.7. The minimum Gasteiger partial charge on any atom is -0.307 e. The molecule has 0 aliphatic heterocycles. The molecule has 0 saturated heterocycles. The summed E-state index contributed by atoms with van der Waals surface area (Å²) in [6.45, 7) is 1.11. The van der Waals surface area contributed by atoms with Gasteiger partial charge in [0.15, 0.2) is 5.15 Å². The number of hydrogen-bond acceptors (Lipinski definition) is 4. The van der Waals surface area contributed by atoms with Crippen molar-refractivity contribution in [2.24, 2.45) is 0 Å². The third-order valence-electron chi connectivity index (χ3n) is 3.44. The van der Waals surface area contributed by atoms with Crippen molar-refractivity contribution in [2.45, 2.75) is 24.8 Å². The lowest BCUT2D eigenvalue weighted by Gasteiger charge is -2.24. The Morgan fingerprint density at radius 2 is 2.20 bits per heavy atom. The Hall–Kier alpha value is -1.74. The monoisotopic (exact) mass is 392 g/mol. The maximum Gasteiger partial charge on any atom is 0.390 e. The van der Waals surface area contributed by atoms with Gasteiger partial charge in [-0.15, -0.1) is 0 Å². The Bertz CT molecular complexity index is 723. The lowest BCUT2D eigenvalue weighted by Crippen LogP contribution is -2.39. The number of amides is 1. The van der Waals surface area contributed by atoms with Gasteiger partial charge in [0.2, 0.25) is 5.91 Å². The van der Waals surface area contributed by atoms with Gasteiger partial charge >= 0.3 is 6.18 Å². The van der Waals surface area contributed by atoms with Crippen molar-refractivity contribution in [1.82, 2.24) is 14.8 Å². The van der Waals surface area contributed by atoms with Gasteiger partial charge in [-0.3, -0.25) is 9.78 Å². The van der Waals surface area contributed by atoms with Gasteiger partial charge in [-0.25, -0.2) is 4.68 Å². The van der Waals surface area contributed by atoms with Crippen molar-refractivity contribution in [2.75, 3.05) is 17.7 Å². The number of carbonyl (C=O) groups excluding carboxylic acids is 1. The largest absolute Gasteiger partial charge is 0.390 e. The lowest BCUT2D eigenvalue weighted by atomic mass is 10.3. The highest BCUT2D eigenvalue weighted by atomic mass is 35.5. The molecule has 2 aromatic rings. The van der Waals surface area contributed by atoms with Crippen LogP contribution in [0.2, 0.25) is 5.15 Å². The number of nitrogens with zero attached hydrogens (tertiary/aromatic N) is 4. The number of halogens is 4. The zero-order valence-corrected chi connectivity index (χ0v) is 15.1. The zero-order valence-electron chi connectivity index (χ0n) is 13.5. The molecule has 0 aliphatic carbocycles. The Kier molecular flexibility index (Phi) is 6.34. The van der Waals surface area contributed by atoms with Gasteiger partial charge in [-0.05, 0) is 25.3 Å². The van der Waals surface area contributed by atoms with Crippen LogP contribution in [0, 0.1) is 0 Å². The van der Waals surface area contributed by atoms with Crippen LogP contribution in [0.4, 0.5) is 18.9 Å². The SMILES string of the molecule is CSC(C)C(=O)N(CCC(F)(F)F)c1cn(-c2cccnc2)nc1Cl. The fraction of sp³-hybridized carbons (Fsp3) is 0.400. The van der Waals surface area contributed by atoms with E-state index in [2.05, 4.69) is 10.1 Å². The van der Waals surface area contributed by atoms with E-state index in [0.717, 1.165) is 4.90 Å². The van der Waals surface area contributed by atoms with Crippen LogP contribution in [0.3, 0.4) is 0 Å². The van der Waals surface area contributed by atoms with Crippen LogP contribution in [0.5, 0.6) is 0 Å². The van der Waals surface area contributed by atoms with Gasteiger partial charge in [-0.2, -0.15) is 30.0 Å². The molecular formula is C15H16ClF3N4OS. The number of rotatable bonds is 6. The van der Waals surface area contributed by atoms with E-state index in [9.17, 15) is 18.0 Å². The van der Waals surface area contributed by atoms with E-state index in [4.69, 9.17) is 11.6 Å². The van der Waals surface area contributed by atoms with Crippen molar-refractivity contribution in [3.63, 3.8) is 0 Å². The van der Waals surface area contributed by atoms with Crippen molar-refractivity contribution in [3.05, 3.63) is 35.9 Å².